The summed E-state index contributed by atoms with van der Waals surface area (Å²) in [5.74, 6) is -0.555. The van der Waals surface area contributed by atoms with Gasteiger partial charge < -0.3 is 14.2 Å². The van der Waals surface area contributed by atoms with Crippen LogP contribution in [0.2, 0.25) is 0 Å². The van der Waals surface area contributed by atoms with Crippen LogP contribution < -0.4 is 11.2 Å². The summed E-state index contributed by atoms with van der Waals surface area (Å²) < 4.78 is 8.86. The lowest BCUT2D eigenvalue weighted by atomic mass is 9.96. The maximum atomic E-state index is 13.0. The zero-order valence-electron chi connectivity index (χ0n) is 16.5. The number of esters is 1. The molecular weight excluding hydrogens is 366 g/mol. The lowest BCUT2D eigenvalue weighted by molar-refractivity contribution is -0.151. The van der Waals surface area contributed by atoms with Gasteiger partial charge in [0.25, 0.3) is 5.56 Å². The number of ether oxygens (including phenoxy) is 1. The maximum Gasteiger partial charge on any atom is 0.332 e. The van der Waals surface area contributed by atoms with E-state index in [1.165, 1.54) is 29.6 Å². The van der Waals surface area contributed by atoms with E-state index in [-0.39, 0.29) is 29.0 Å². The first-order chi connectivity index (χ1) is 13.3. The van der Waals surface area contributed by atoms with E-state index in [4.69, 9.17) is 4.74 Å². The van der Waals surface area contributed by atoms with Gasteiger partial charge in [0.1, 0.15) is 6.04 Å². The summed E-state index contributed by atoms with van der Waals surface area (Å²) >= 11 is 0. The Balaban J connectivity index is 1.83. The summed E-state index contributed by atoms with van der Waals surface area (Å²) in [6.45, 7) is 4.73. The zero-order valence-corrected chi connectivity index (χ0v) is 16.5. The van der Waals surface area contributed by atoms with E-state index < -0.39 is 17.3 Å². The Morgan fingerprint density at radius 2 is 1.86 bits per heavy atom. The van der Waals surface area contributed by atoms with Crippen LogP contribution in [0.25, 0.3) is 11.2 Å². The topological polar surface area (TPSA) is 108 Å². The van der Waals surface area contributed by atoms with Crippen LogP contribution in [-0.2, 0) is 28.4 Å². The van der Waals surface area contributed by atoms with Gasteiger partial charge in [0.05, 0.1) is 18.9 Å². The van der Waals surface area contributed by atoms with Gasteiger partial charge in [0.2, 0.25) is 5.91 Å². The summed E-state index contributed by atoms with van der Waals surface area (Å²) in [5, 5.41) is 0. The van der Waals surface area contributed by atoms with E-state index in [2.05, 4.69) is 4.98 Å². The predicted octanol–water partition coefficient (Wildman–Crippen LogP) is -0.204. The van der Waals surface area contributed by atoms with Crippen LogP contribution in [-0.4, -0.2) is 55.2 Å². The van der Waals surface area contributed by atoms with Gasteiger partial charge in [-0.15, -0.1) is 0 Å². The van der Waals surface area contributed by atoms with Crippen LogP contribution in [0.5, 0.6) is 0 Å². The largest absolute Gasteiger partial charge is 0.466 e. The molecule has 10 nitrogen and oxygen atoms in total. The highest BCUT2D eigenvalue weighted by Gasteiger charge is 2.31. The van der Waals surface area contributed by atoms with Gasteiger partial charge in [0, 0.05) is 27.2 Å². The Morgan fingerprint density at radius 3 is 2.46 bits per heavy atom. The highest BCUT2D eigenvalue weighted by molar-refractivity contribution is 5.83. The number of rotatable bonds is 4. The molecule has 3 rings (SSSR count). The predicted molar refractivity (Wildman–Crippen MR) is 101 cm³/mol. The molecule has 0 spiro atoms. The minimum absolute atomic E-state index is 0.155. The quantitative estimate of drug-likeness (QED) is 0.668. The summed E-state index contributed by atoms with van der Waals surface area (Å²) in [6, 6.07) is -0.658. The molecule has 1 atom stereocenters. The summed E-state index contributed by atoms with van der Waals surface area (Å²) in [7, 11) is 2.93. The minimum atomic E-state index is -0.658. The second kappa shape index (κ2) is 7.61. The molecule has 2 aromatic heterocycles. The second-order valence-electron chi connectivity index (χ2n) is 7.06. The third-order valence-corrected chi connectivity index (χ3v) is 5.37. The molecule has 0 aliphatic carbocycles. The zero-order chi connectivity index (χ0) is 20.6. The van der Waals surface area contributed by atoms with Gasteiger partial charge in [-0.05, 0) is 26.7 Å². The van der Waals surface area contributed by atoms with Crippen LogP contribution in [0, 0.1) is 5.92 Å². The second-order valence-corrected chi connectivity index (χ2v) is 7.06. The lowest BCUT2D eigenvalue weighted by Crippen LogP contribution is -2.44. The molecule has 1 aliphatic heterocycles. The molecule has 1 saturated heterocycles. The van der Waals surface area contributed by atoms with E-state index in [1.807, 2.05) is 0 Å². The van der Waals surface area contributed by atoms with E-state index in [0.717, 1.165) is 4.57 Å². The van der Waals surface area contributed by atoms with E-state index in [9.17, 15) is 19.2 Å². The Labute approximate surface area is 161 Å². The van der Waals surface area contributed by atoms with Crippen molar-refractivity contribution in [1.82, 2.24) is 23.6 Å². The van der Waals surface area contributed by atoms with Crippen LogP contribution >= 0.6 is 0 Å². The number of piperidine rings is 1. The monoisotopic (exact) mass is 391 g/mol. The molecular formula is C18H25N5O5. The van der Waals surface area contributed by atoms with Crippen molar-refractivity contribution in [3.8, 4) is 0 Å². The van der Waals surface area contributed by atoms with Crippen molar-refractivity contribution in [2.45, 2.75) is 32.7 Å². The molecule has 0 saturated carbocycles. The standard InChI is InChI=1S/C18H25N5O5/c1-5-28-17(26)12-6-8-22(9-7-12)15(24)11(2)23-10-19-14-13(23)16(25)21(4)18(27)20(14)3/h10-12H,5-9H2,1-4H3. The van der Waals surface area contributed by atoms with Gasteiger partial charge in [-0.1, -0.05) is 0 Å². The first-order valence-corrected chi connectivity index (χ1v) is 9.35. The number of aromatic nitrogens is 4. The van der Waals surface area contributed by atoms with Gasteiger partial charge in [-0.2, -0.15) is 0 Å². The fourth-order valence-electron chi connectivity index (χ4n) is 3.64. The molecule has 0 N–H and O–H groups in total. The number of hydrogen-bond acceptors (Lipinski definition) is 6. The highest BCUT2D eigenvalue weighted by atomic mass is 16.5. The molecule has 0 radical (unpaired) electrons. The van der Waals surface area contributed by atoms with Gasteiger partial charge in [0.15, 0.2) is 11.2 Å². The maximum absolute atomic E-state index is 13.0. The Hall–Kier alpha value is -2.91. The first kappa shape index (κ1) is 19.8. The number of hydrogen-bond donors (Lipinski definition) is 0. The Kier molecular flexibility index (Phi) is 5.39. The number of fused-ring (bicyclic) bond motifs is 1. The number of likely N-dealkylation sites (tertiary alicyclic amines) is 1. The lowest BCUT2D eigenvalue weighted by Gasteiger charge is -2.32. The van der Waals surface area contributed by atoms with Crippen molar-refractivity contribution in [3.63, 3.8) is 0 Å². The first-order valence-electron chi connectivity index (χ1n) is 9.35. The molecule has 1 aliphatic rings. The van der Waals surface area contributed by atoms with E-state index in [0.29, 0.717) is 32.5 Å². The normalized spacial score (nSPS) is 16.4. The van der Waals surface area contributed by atoms with E-state index >= 15 is 0 Å². The molecule has 1 unspecified atom stereocenters. The molecule has 3 heterocycles. The number of carbonyl (C=O) groups excluding carboxylic acids is 2. The Bertz CT molecular complexity index is 1030. The smallest absolute Gasteiger partial charge is 0.332 e. The molecule has 10 heteroatoms. The number of amides is 1. The SMILES string of the molecule is CCOC(=O)C1CCN(C(=O)C(C)n2cnc3c2c(=O)n(C)c(=O)n3C)CC1. The van der Waals surface area contributed by atoms with Gasteiger partial charge in [-0.3, -0.25) is 23.5 Å². The average molecular weight is 391 g/mol. The third kappa shape index (κ3) is 3.23. The number of nitrogens with zero attached hydrogens (tertiary/aromatic N) is 5. The molecule has 1 amide bonds. The van der Waals surface area contributed by atoms with Crippen molar-refractivity contribution in [2.75, 3.05) is 19.7 Å². The summed E-state index contributed by atoms with van der Waals surface area (Å²) in [4.78, 5) is 55.3. The number of imidazole rings is 1. The van der Waals surface area contributed by atoms with Crippen molar-refractivity contribution in [2.24, 2.45) is 20.0 Å². The molecule has 0 aromatic carbocycles. The molecule has 1 fully saturated rings. The molecule has 2 aromatic rings. The Morgan fingerprint density at radius 1 is 1.21 bits per heavy atom. The van der Waals surface area contributed by atoms with Crippen molar-refractivity contribution >= 4 is 23.0 Å². The van der Waals surface area contributed by atoms with Crippen LogP contribution in [0.1, 0.15) is 32.7 Å². The summed E-state index contributed by atoms with van der Waals surface area (Å²) in [5.41, 5.74) is -0.500. The fourth-order valence-corrected chi connectivity index (χ4v) is 3.64. The van der Waals surface area contributed by atoms with Crippen LogP contribution in [0.3, 0.4) is 0 Å². The number of carbonyl (C=O) groups is 2. The summed E-state index contributed by atoms with van der Waals surface area (Å²) in [6.07, 6.45) is 2.52. The molecule has 152 valence electrons. The van der Waals surface area contributed by atoms with Gasteiger partial charge in [-0.25, -0.2) is 9.78 Å². The minimum Gasteiger partial charge on any atom is -0.466 e. The average Bonchev–Trinajstić information content (AvgIpc) is 3.15. The fraction of sp³-hybridized carbons (Fsp3) is 0.611. The highest BCUT2D eigenvalue weighted by Crippen LogP contribution is 2.22. The van der Waals surface area contributed by atoms with Gasteiger partial charge >= 0.3 is 11.7 Å². The molecule has 28 heavy (non-hydrogen) atoms. The third-order valence-electron chi connectivity index (χ3n) is 5.37. The van der Waals surface area contributed by atoms with Crippen molar-refractivity contribution < 1.29 is 14.3 Å². The van der Waals surface area contributed by atoms with Crippen molar-refractivity contribution in [1.29, 1.82) is 0 Å². The molecule has 0 bridgehead atoms. The van der Waals surface area contributed by atoms with E-state index in [1.54, 1.807) is 18.7 Å². The van der Waals surface area contributed by atoms with Crippen molar-refractivity contribution in [3.05, 3.63) is 27.2 Å². The number of aryl methyl sites for hydroxylation is 1. The van der Waals surface area contributed by atoms with Crippen LogP contribution in [0.4, 0.5) is 0 Å². The van der Waals surface area contributed by atoms with Crippen LogP contribution in [0.15, 0.2) is 15.9 Å².